The second-order valence-corrected chi connectivity index (χ2v) is 11.9. The van der Waals surface area contributed by atoms with Crippen molar-refractivity contribution in [3.63, 3.8) is 0 Å². The topological polar surface area (TPSA) is 74.8 Å². The number of hydrogen-bond acceptors (Lipinski definition) is 6. The van der Waals surface area contributed by atoms with Crippen molar-refractivity contribution in [1.82, 2.24) is 9.13 Å². The molecule has 0 saturated carbocycles. The van der Waals surface area contributed by atoms with Crippen molar-refractivity contribution >= 4 is 57.5 Å². The maximum Gasteiger partial charge on any atom is 0.338 e. The van der Waals surface area contributed by atoms with Crippen LogP contribution in [0.25, 0.3) is 17.0 Å². The van der Waals surface area contributed by atoms with Gasteiger partial charge in [0.2, 0.25) is 0 Å². The molecule has 3 aromatic carbocycles. The van der Waals surface area contributed by atoms with Gasteiger partial charge in [0.25, 0.3) is 5.56 Å². The van der Waals surface area contributed by atoms with E-state index in [4.69, 9.17) is 32.7 Å². The zero-order chi connectivity index (χ0) is 30.2. The first kappa shape index (κ1) is 29.0. The molecule has 6 rings (SSSR count). The van der Waals surface area contributed by atoms with E-state index < -0.39 is 12.0 Å². The van der Waals surface area contributed by atoms with Crippen LogP contribution in [-0.2, 0) is 16.1 Å². The van der Waals surface area contributed by atoms with Gasteiger partial charge < -0.3 is 14.0 Å². The number of esters is 1. The molecule has 1 atom stereocenters. The van der Waals surface area contributed by atoms with Gasteiger partial charge in [0.05, 0.1) is 35.6 Å². The number of allylic oxidation sites excluding steroid dienone is 1. The van der Waals surface area contributed by atoms with Gasteiger partial charge in [-0.2, -0.15) is 0 Å². The summed E-state index contributed by atoms with van der Waals surface area (Å²) in [6, 6.07) is 20.1. The number of carbonyl (C=O) groups excluding carboxylic acids is 1. The van der Waals surface area contributed by atoms with Gasteiger partial charge in [-0.1, -0.05) is 70.9 Å². The first-order valence-electron chi connectivity index (χ1n) is 13.6. The van der Waals surface area contributed by atoms with E-state index in [0.29, 0.717) is 42.9 Å². The summed E-state index contributed by atoms with van der Waals surface area (Å²) in [5.74, 6) is 0.175. The number of carbonyl (C=O) groups is 1. The number of rotatable bonds is 7. The van der Waals surface area contributed by atoms with Crippen molar-refractivity contribution in [2.75, 3.05) is 13.7 Å². The normalized spacial score (nSPS) is 15.0. The molecule has 7 nitrogen and oxygen atoms in total. The lowest BCUT2D eigenvalue weighted by Crippen LogP contribution is -2.39. The summed E-state index contributed by atoms with van der Waals surface area (Å²) in [5.41, 5.74) is 4.18. The molecule has 0 bridgehead atoms. The molecule has 0 N–H and O–H groups in total. The summed E-state index contributed by atoms with van der Waals surface area (Å²) >= 11 is 13.9. The van der Waals surface area contributed by atoms with Crippen molar-refractivity contribution < 1.29 is 14.3 Å². The number of fused-ring (bicyclic) bond motifs is 2. The minimum atomic E-state index is -0.697. The molecule has 0 fully saturated rings. The van der Waals surface area contributed by atoms with Crippen LogP contribution in [0.3, 0.4) is 0 Å². The number of thiazole rings is 1. The first-order chi connectivity index (χ1) is 20.8. The number of hydrogen-bond donors (Lipinski definition) is 0. The van der Waals surface area contributed by atoms with E-state index >= 15 is 0 Å². The highest BCUT2D eigenvalue weighted by atomic mass is 35.5. The number of aromatic nitrogens is 2. The van der Waals surface area contributed by atoms with E-state index in [9.17, 15) is 9.59 Å². The van der Waals surface area contributed by atoms with E-state index in [2.05, 4.69) is 9.56 Å². The van der Waals surface area contributed by atoms with E-state index in [0.717, 1.165) is 27.6 Å². The summed E-state index contributed by atoms with van der Waals surface area (Å²) in [6.45, 7) is 4.27. The number of methoxy groups -OCH3 is 1. The van der Waals surface area contributed by atoms with Gasteiger partial charge >= 0.3 is 5.97 Å². The summed E-state index contributed by atoms with van der Waals surface area (Å²) < 4.78 is 14.9. The highest BCUT2D eigenvalue weighted by Crippen LogP contribution is 2.32. The molecule has 0 unspecified atom stereocenters. The van der Waals surface area contributed by atoms with E-state index in [-0.39, 0.29) is 12.2 Å². The molecule has 0 radical (unpaired) electrons. The fourth-order valence-corrected chi connectivity index (χ4v) is 6.89. The van der Waals surface area contributed by atoms with Gasteiger partial charge in [-0.15, -0.1) is 0 Å². The molecule has 0 saturated heterocycles. The van der Waals surface area contributed by atoms with E-state index in [1.807, 2.05) is 72.9 Å². The van der Waals surface area contributed by atoms with Crippen molar-refractivity contribution in [3.05, 3.63) is 131 Å². The second kappa shape index (κ2) is 11.9. The van der Waals surface area contributed by atoms with Crippen molar-refractivity contribution in [1.29, 1.82) is 0 Å². The van der Waals surface area contributed by atoms with Crippen molar-refractivity contribution in [2.45, 2.75) is 26.4 Å². The lowest BCUT2D eigenvalue weighted by molar-refractivity contribution is -0.139. The molecular weight excluding hydrogens is 605 g/mol. The molecule has 0 aliphatic carbocycles. The largest absolute Gasteiger partial charge is 0.497 e. The Labute approximate surface area is 261 Å². The van der Waals surface area contributed by atoms with Crippen LogP contribution in [0.5, 0.6) is 5.75 Å². The highest BCUT2D eigenvalue weighted by molar-refractivity contribution is 7.07. The summed E-state index contributed by atoms with van der Waals surface area (Å²) in [6.07, 6.45) is 3.91. The zero-order valence-electron chi connectivity index (χ0n) is 23.6. The van der Waals surface area contributed by atoms with Crippen LogP contribution in [0.4, 0.5) is 0 Å². The van der Waals surface area contributed by atoms with Gasteiger partial charge in [0, 0.05) is 39.3 Å². The lowest BCUT2D eigenvalue weighted by atomic mass is 9.96. The minimum Gasteiger partial charge on any atom is -0.497 e. The lowest BCUT2D eigenvalue weighted by Gasteiger charge is -2.24. The Hall–Kier alpha value is -4.11. The monoisotopic (exact) mass is 631 g/mol. The fourth-order valence-electron chi connectivity index (χ4n) is 5.39. The summed E-state index contributed by atoms with van der Waals surface area (Å²) in [5, 5.41) is 2.16. The first-order valence-corrected chi connectivity index (χ1v) is 15.2. The van der Waals surface area contributed by atoms with Gasteiger partial charge in [-0.3, -0.25) is 9.36 Å². The average molecular weight is 633 g/mol. The Morgan fingerprint density at radius 3 is 2.58 bits per heavy atom. The number of nitrogens with zero attached hydrogens (tertiary/aromatic N) is 3. The van der Waals surface area contributed by atoms with Crippen LogP contribution < -0.4 is 19.6 Å². The molecule has 0 amide bonds. The predicted molar refractivity (Wildman–Crippen MR) is 171 cm³/mol. The van der Waals surface area contributed by atoms with Crippen LogP contribution >= 0.6 is 34.5 Å². The third-order valence-electron chi connectivity index (χ3n) is 7.41. The molecular formula is C33H27Cl2N3O4S. The third-order valence-corrected chi connectivity index (χ3v) is 8.98. The fraction of sp³-hybridized carbons (Fsp3) is 0.182. The SMILES string of the molecule is CCOC(=O)C1=C(C)N=c2s/c(=C/c3cn(Cc4ccc(Cl)cc4Cl)c4ccccc34)c(=O)n2[C@H]1c1ccc(OC)cc1. The Balaban J connectivity index is 1.50. The van der Waals surface area contributed by atoms with Gasteiger partial charge in [0.15, 0.2) is 4.80 Å². The second-order valence-electron chi connectivity index (χ2n) is 10.0. The number of halogens is 2. The molecule has 0 spiro atoms. The summed E-state index contributed by atoms with van der Waals surface area (Å²) in [4.78, 5) is 32.5. The molecule has 43 heavy (non-hydrogen) atoms. The maximum absolute atomic E-state index is 14.1. The van der Waals surface area contributed by atoms with Crippen LogP contribution in [0.2, 0.25) is 10.0 Å². The molecule has 2 aromatic heterocycles. The number of benzene rings is 3. The smallest absolute Gasteiger partial charge is 0.338 e. The zero-order valence-corrected chi connectivity index (χ0v) is 26.0. The minimum absolute atomic E-state index is 0.209. The molecule has 1 aliphatic rings. The molecule has 1 aliphatic heterocycles. The Kier molecular flexibility index (Phi) is 8.01. The average Bonchev–Trinajstić information content (AvgIpc) is 3.50. The molecule has 218 valence electrons. The van der Waals surface area contributed by atoms with Crippen LogP contribution in [0, 0.1) is 0 Å². The Morgan fingerprint density at radius 1 is 1.09 bits per heavy atom. The molecule has 10 heteroatoms. The number of ether oxygens (including phenoxy) is 2. The quantitative estimate of drug-likeness (QED) is 0.203. The standard InChI is InChI=1S/C33H27Cl2N3O4S/c1-4-42-32(40)29-19(2)36-33-38(30(29)20-10-13-24(41-3)14-11-20)31(39)28(43-33)15-22-18-37(27-8-6-5-7-25(22)27)17-21-9-12-23(34)16-26(21)35/h5-16,18,30H,4,17H2,1-3H3/b28-15+/t30-/m0/s1. The Morgan fingerprint density at radius 2 is 1.86 bits per heavy atom. The predicted octanol–water partition coefficient (Wildman–Crippen LogP) is 6.12. The van der Waals surface area contributed by atoms with Crippen LogP contribution in [-0.4, -0.2) is 28.8 Å². The van der Waals surface area contributed by atoms with Crippen molar-refractivity contribution in [3.8, 4) is 5.75 Å². The van der Waals surface area contributed by atoms with Crippen LogP contribution in [0.1, 0.15) is 36.6 Å². The summed E-state index contributed by atoms with van der Waals surface area (Å²) in [7, 11) is 1.59. The third kappa shape index (κ3) is 5.42. The molecule has 3 heterocycles. The van der Waals surface area contributed by atoms with E-state index in [1.165, 1.54) is 11.3 Å². The van der Waals surface area contributed by atoms with Crippen LogP contribution in [0.15, 0.2) is 94.0 Å². The van der Waals surface area contributed by atoms with Gasteiger partial charge in [-0.05, 0) is 61.4 Å². The highest BCUT2D eigenvalue weighted by Gasteiger charge is 2.33. The Bertz CT molecular complexity index is 2090. The van der Waals surface area contributed by atoms with Gasteiger partial charge in [-0.25, -0.2) is 9.79 Å². The van der Waals surface area contributed by atoms with Gasteiger partial charge in [0.1, 0.15) is 5.75 Å². The van der Waals surface area contributed by atoms with E-state index in [1.54, 1.807) is 31.6 Å². The number of para-hydroxylation sites is 1. The van der Waals surface area contributed by atoms with Crippen molar-refractivity contribution in [2.24, 2.45) is 4.99 Å². The molecule has 5 aromatic rings. The maximum atomic E-state index is 14.1.